The molecule has 0 fully saturated rings. The van der Waals surface area contributed by atoms with Gasteiger partial charge in [0.05, 0.1) is 0 Å². The van der Waals surface area contributed by atoms with E-state index in [9.17, 15) is 0 Å². The summed E-state index contributed by atoms with van der Waals surface area (Å²) in [6, 6.07) is 8.31. The van der Waals surface area contributed by atoms with Crippen LogP contribution in [0.4, 0.5) is 5.82 Å². The van der Waals surface area contributed by atoms with E-state index in [1.807, 2.05) is 12.1 Å². The molecule has 2 aromatic rings. The van der Waals surface area contributed by atoms with Crippen molar-refractivity contribution in [1.29, 1.82) is 0 Å². The lowest BCUT2D eigenvalue weighted by molar-refractivity contribution is 0.590. The van der Waals surface area contributed by atoms with Gasteiger partial charge >= 0.3 is 0 Å². The second kappa shape index (κ2) is 4.17. The zero-order valence-corrected chi connectivity index (χ0v) is 10.4. The average molecular weight is 227 g/mol. The monoisotopic (exact) mass is 227 g/mol. The van der Waals surface area contributed by atoms with Gasteiger partial charge in [-0.15, -0.1) is 0 Å². The van der Waals surface area contributed by atoms with Crippen molar-refractivity contribution in [3.63, 3.8) is 0 Å². The van der Waals surface area contributed by atoms with Crippen molar-refractivity contribution in [2.75, 3.05) is 5.73 Å². The molecule has 0 radical (unpaired) electrons. The van der Waals surface area contributed by atoms with Crippen LogP contribution in [0.25, 0.3) is 11.3 Å². The number of aromatic nitrogens is 2. The Labute approximate surface area is 102 Å². The van der Waals surface area contributed by atoms with Crippen molar-refractivity contribution >= 4 is 5.82 Å². The standard InChI is InChI=1S/C14H17N3/c1-14(2,3)11-6-4-10(5-7-11)12-13(15)17-9-8-16-12/h4-9H,1-3H3,(H2,15,17). The third-order valence-corrected chi connectivity index (χ3v) is 2.75. The van der Waals surface area contributed by atoms with E-state index in [-0.39, 0.29) is 5.41 Å². The molecule has 2 rings (SSSR count). The molecule has 2 N–H and O–H groups in total. The van der Waals surface area contributed by atoms with Crippen LogP contribution in [-0.4, -0.2) is 9.97 Å². The molecule has 1 aromatic heterocycles. The van der Waals surface area contributed by atoms with Gasteiger partial charge in [0, 0.05) is 18.0 Å². The highest BCUT2D eigenvalue weighted by atomic mass is 14.9. The molecule has 0 saturated heterocycles. The van der Waals surface area contributed by atoms with Gasteiger partial charge in [0.15, 0.2) is 0 Å². The summed E-state index contributed by atoms with van der Waals surface area (Å²) in [4.78, 5) is 8.29. The summed E-state index contributed by atoms with van der Waals surface area (Å²) in [6.45, 7) is 6.58. The Morgan fingerprint density at radius 1 is 0.941 bits per heavy atom. The van der Waals surface area contributed by atoms with Crippen LogP contribution < -0.4 is 5.73 Å². The molecule has 3 nitrogen and oxygen atoms in total. The second-order valence-corrected chi connectivity index (χ2v) is 5.12. The molecule has 0 bridgehead atoms. The fraction of sp³-hybridized carbons (Fsp3) is 0.286. The normalized spacial score (nSPS) is 11.5. The van der Waals surface area contributed by atoms with Crippen molar-refractivity contribution in [3.8, 4) is 11.3 Å². The van der Waals surface area contributed by atoms with Crippen LogP contribution in [-0.2, 0) is 5.41 Å². The van der Waals surface area contributed by atoms with Crippen molar-refractivity contribution in [2.45, 2.75) is 26.2 Å². The first-order valence-electron chi connectivity index (χ1n) is 5.66. The first kappa shape index (κ1) is 11.6. The van der Waals surface area contributed by atoms with E-state index in [4.69, 9.17) is 5.73 Å². The molecule has 0 unspecified atom stereocenters. The zero-order chi connectivity index (χ0) is 12.5. The van der Waals surface area contributed by atoms with E-state index in [2.05, 4.69) is 42.9 Å². The Kier molecular flexibility index (Phi) is 2.84. The second-order valence-electron chi connectivity index (χ2n) is 5.12. The minimum Gasteiger partial charge on any atom is -0.382 e. The molecule has 1 heterocycles. The molecule has 0 spiro atoms. The maximum Gasteiger partial charge on any atom is 0.149 e. The first-order chi connectivity index (χ1) is 7.98. The maximum absolute atomic E-state index is 5.80. The number of hydrogen-bond acceptors (Lipinski definition) is 3. The topological polar surface area (TPSA) is 51.8 Å². The predicted molar refractivity (Wildman–Crippen MR) is 70.6 cm³/mol. The van der Waals surface area contributed by atoms with Crippen LogP contribution in [0.15, 0.2) is 36.7 Å². The van der Waals surface area contributed by atoms with Crippen LogP contribution >= 0.6 is 0 Å². The van der Waals surface area contributed by atoms with E-state index >= 15 is 0 Å². The highest BCUT2D eigenvalue weighted by Gasteiger charge is 2.13. The number of nitrogens with zero attached hydrogens (tertiary/aromatic N) is 2. The molecule has 88 valence electrons. The predicted octanol–water partition coefficient (Wildman–Crippen LogP) is 3.02. The third-order valence-electron chi connectivity index (χ3n) is 2.75. The number of hydrogen-bond donors (Lipinski definition) is 1. The minimum absolute atomic E-state index is 0.159. The van der Waals surface area contributed by atoms with Gasteiger partial charge < -0.3 is 5.73 Å². The molecule has 0 amide bonds. The van der Waals surface area contributed by atoms with E-state index in [1.165, 1.54) is 5.56 Å². The summed E-state index contributed by atoms with van der Waals surface area (Å²) in [5.74, 6) is 0.469. The molecule has 0 saturated carbocycles. The Morgan fingerprint density at radius 2 is 1.53 bits per heavy atom. The van der Waals surface area contributed by atoms with Crippen LogP contribution in [0.1, 0.15) is 26.3 Å². The van der Waals surface area contributed by atoms with Gasteiger partial charge in [0.1, 0.15) is 11.5 Å². The van der Waals surface area contributed by atoms with Gasteiger partial charge in [0.25, 0.3) is 0 Å². The molecule has 0 aliphatic carbocycles. The molecular formula is C14H17N3. The summed E-state index contributed by atoms with van der Waals surface area (Å²) >= 11 is 0. The van der Waals surface area contributed by atoms with Gasteiger partial charge in [-0.3, -0.25) is 4.98 Å². The van der Waals surface area contributed by atoms with E-state index in [1.54, 1.807) is 12.4 Å². The van der Waals surface area contributed by atoms with Gasteiger partial charge in [-0.2, -0.15) is 0 Å². The Morgan fingerprint density at radius 3 is 2.06 bits per heavy atom. The van der Waals surface area contributed by atoms with Crippen molar-refractivity contribution < 1.29 is 0 Å². The smallest absolute Gasteiger partial charge is 0.149 e. The van der Waals surface area contributed by atoms with Crippen LogP contribution in [0.2, 0.25) is 0 Å². The Balaban J connectivity index is 2.40. The molecule has 3 heteroatoms. The molecule has 1 aromatic carbocycles. The first-order valence-corrected chi connectivity index (χ1v) is 5.66. The molecule has 17 heavy (non-hydrogen) atoms. The third kappa shape index (κ3) is 2.44. The maximum atomic E-state index is 5.80. The van der Waals surface area contributed by atoms with Crippen LogP contribution in [0.3, 0.4) is 0 Å². The quantitative estimate of drug-likeness (QED) is 0.814. The minimum atomic E-state index is 0.159. The van der Waals surface area contributed by atoms with Crippen LogP contribution in [0, 0.1) is 0 Å². The Bertz CT molecular complexity index is 510. The number of rotatable bonds is 1. The summed E-state index contributed by atoms with van der Waals surface area (Å²) in [6.07, 6.45) is 3.26. The van der Waals surface area contributed by atoms with Gasteiger partial charge in [-0.05, 0) is 11.0 Å². The summed E-state index contributed by atoms with van der Waals surface area (Å²) in [7, 11) is 0. The van der Waals surface area contributed by atoms with Gasteiger partial charge in [-0.25, -0.2) is 4.98 Å². The summed E-state index contributed by atoms with van der Waals surface area (Å²) < 4.78 is 0. The molecule has 0 aliphatic rings. The number of nitrogen functional groups attached to an aromatic ring is 1. The van der Waals surface area contributed by atoms with Gasteiger partial charge in [-0.1, -0.05) is 45.0 Å². The lowest BCUT2D eigenvalue weighted by Crippen LogP contribution is -2.10. The highest BCUT2D eigenvalue weighted by Crippen LogP contribution is 2.26. The summed E-state index contributed by atoms with van der Waals surface area (Å²) in [5.41, 5.74) is 9.00. The zero-order valence-electron chi connectivity index (χ0n) is 10.4. The lowest BCUT2D eigenvalue weighted by atomic mass is 9.86. The van der Waals surface area contributed by atoms with E-state index in [0.717, 1.165) is 11.3 Å². The SMILES string of the molecule is CC(C)(C)c1ccc(-c2nccnc2N)cc1. The fourth-order valence-corrected chi connectivity index (χ4v) is 1.70. The number of nitrogens with two attached hydrogens (primary N) is 1. The number of anilines is 1. The van der Waals surface area contributed by atoms with Crippen molar-refractivity contribution in [2.24, 2.45) is 0 Å². The average Bonchev–Trinajstić information content (AvgIpc) is 2.29. The Hall–Kier alpha value is -1.90. The highest BCUT2D eigenvalue weighted by molar-refractivity contribution is 5.69. The molecule has 0 aliphatic heterocycles. The molecule has 0 atom stereocenters. The fourth-order valence-electron chi connectivity index (χ4n) is 1.70. The largest absolute Gasteiger partial charge is 0.382 e. The van der Waals surface area contributed by atoms with Crippen molar-refractivity contribution in [3.05, 3.63) is 42.2 Å². The van der Waals surface area contributed by atoms with E-state index < -0.39 is 0 Å². The lowest BCUT2D eigenvalue weighted by Gasteiger charge is -2.19. The number of benzene rings is 1. The molecular weight excluding hydrogens is 210 g/mol. The summed E-state index contributed by atoms with van der Waals surface area (Å²) in [5, 5.41) is 0. The van der Waals surface area contributed by atoms with E-state index in [0.29, 0.717) is 5.82 Å². The van der Waals surface area contributed by atoms with Crippen LogP contribution in [0.5, 0.6) is 0 Å². The van der Waals surface area contributed by atoms with Crippen molar-refractivity contribution in [1.82, 2.24) is 9.97 Å². The van der Waals surface area contributed by atoms with Gasteiger partial charge in [0.2, 0.25) is 0 Å².